The molecule has 1 heterocycles. The molecule has 1 aliphatic rings. The average molecular weight is 373 g/mol. The van der Waals surface area contributed by atoms with Gasteiger partial charge in [-0.25, -0.2) is 0 Å². The summed E-state index contributed by atoms with van der Waals surface area (Å²) in [4.78, 5) is 27.0. The Morgan fingerprint density at radius 3 is 2.62 bits per heavy atom. The summed E-state index contributed by atoms with van der Waals surface area (Å²) in [6.45, 7) is 3.83. The minimum atomic E-state index is -1.41. The summed E-state index contributed by atoms with van der Waals surface area (Å²) in [5.41, 5.74) is 5.60. The highest BCUT2D eigenvalue weighted by Gasteiger charge is 2.51. The van der Waals surface area contributed by atoms with E-state index in [0.717, 1.165) is 17.7 Å². The molecule has 0 spiro atoms. The van der Waals surface area contributed by atoms with E-state index in [2.05, 4.69) is 6.58 Å². The molecular weight excluding hydrogens is 356 g/mol. The van der Waals surface area contributed by atoms with Gasteiger partial charge in [-0.15, -0.1) is 6.58 Å². The van der Waals surface area contributed by atoms with Crippen molar-refractivity contribution < 1.29 is 19.8 Å². The van der Waals surface area contributed by atoms with Crippen molar-refractivity contribution in [1.29, 1.82) is 0 Å². The zero-order valence-corrected chi connectivity index (χ0v) is 14.5. The molecule has 0 aliphatic carbocycles. The minimum absolute atomic E-state index is 0.0868. The summed E-state index contributed by atoms with van der Waals surface area (Å²) in [5, 5.41) is 19.6. The number of carbonyl (C=O) groups excluding carboxylic acids is 2. The number of primary amides is 1. The van der Waals surface area contributed by atoms with E-state index in [1.165, 1.54) is 11.0 Å². The van der Waals surface area contributed by atoms with Crippen LogP contribution < -0.4 is 5.73 Å². The Hall–Kier alpha value is -2.99. The summed E-state index contributed by atoms with van der Waals surface area (Å²) in [6.07, 6.45) is 1.65. The lowest BCUT2D eigenvalue weighted by atomic mass is 9.85. The fourth-order valence-corrected chi connectivity index (χ4v) is 3.58. The van der Waals surface area contributed by atoms with Crippen molar-refractivity contribution in [3.8, 4) is 11.5 Å². The van der Waals surface area contributed by atoms with Crippen LogP contribution in [0.3, 0.4) is 0 Å². The third-order valence-corrected chi connectivity index (χ3v) is 4.94. The fourth-order valence-electron chi connectivity index (χ4n) is 3.42. The van der Waals surface area contributed by atoms with Crippen molar-refractivity contribution in [2.75, 3.05) is 0 Å². The number of carbonyl (C=O) groups is 2. The van der Waals surface area contributed by atoms with Crippen LogP contribution in [0.1, 0.15) is 27.9 Å². The number of nitrogens with zero attached hydrogens (tertiary/aromatic N) is 1. The Labute approximate surface area is 155 Å². The lowest BCUT2D eigenvalue weighted by Crippen LogP contribution is -2.53. The van der Waals surface area contributed by atoms with Crippen LogP contribution in [0.5, 0.6) is 11.5 Å². The van der Waals surface area contributed by atoms with Crippen LogP contribution >= 0.6 is 11.6 Å². The van der Waals surface area contributed by atoms with Crippen molar-refractivity contribution in [3.05, 3.63) is 70.8 Å². The number of halogens is 1. The van der Waals surface area contributed by atoms with Gasteiger partial charge in [-0.2, -0.15) is 0 Å². The predicted octanol–water partition coefficient (Wildman–Crippen LogP) is 2.66. The quantitative estimate of drug-likeness (QED) is 0.717. The highest BCUT2D eigenvalue weighted by atomic mass is 35.5. The minimum Gasteiger partial charge on any atom is -0.507 e. The van der Waals surface area contributed by atoms with Crippen LogP contribution in [0.2, 0.25) is 5.02 Å². The van der Waals surface area contributed by atoms with Gasteiger partial charge in [0.25, 0.3) is 5.91 Å². The molecule has 0 saturated carbocycles. The Balaban J connectivity index is 2.18. The second-order valence-electron chi connectivity index (χ2n) is 6.09. The van der Waals surface area contributed by atoms with E-state index in [9.17, 15) is 19.8 Å². The van der Waals surface area contributed by atoms with Gasteiger partial charge < -0.3 is 20.8 Å². The second kappa shape index (κ2) is 6.38. The monoisotopic (exact) mass is 372 g/mol. The first-order chi connectivity index (χ1) is 12.3. The summed E-state index contributed by atoms with van der Waals surface area (Å²) in [7, 11) is 0. The third kappa shape index (κ3) is 2.50. The number of amides is 2. The van der Waals surface area contributed by atoms with E-state index in [1.54, 1.807) is 18.2 Å². The molecule has 134 valence electrons. The number of phenolic OH excluding ortho intramolecular Hbond substituents is 2. The number of benzene rings is 2. The van der Waals surface area contributed by atoms with Gasteiger partial charge in [-0.1, -0.05) is 41.9 Å². The molecule has 6 nitrogen and oxygen atoms in total. The Morgan fingerprint density at radius 2 is 1.96 bits per heavy atom. The molecule has 7 heteroatoms. The molecule has 26 heavy (non-hydrogen) atoms. The smallest absolute Gasteiger partial charge is 0.259 e. The zero-order chi connectivity index (χ0) is 19.1. The highest BCUT2D eigenvalue weighted by molar-refractivity contribution is 6.32. The number of rotatable bonds is 4. The SMILES string of the molecule is C=CCC1(C(N)=O)c2ccccc2CN1C(=O)c1cc(Cl)c(O)cc1O. The maximum absolute atomic E-state index is 13.2. The van der Waals surface area contributed by atoms with Gasteiger partial charge in [-0.3, -0.25) is 9.59 Å². The number of phenols is 2. The van der Waals surface area contributed by atoms with E-state index < -0.39 is 23.1 Å². The van der Waals surface area contributed by atoms with Gasteiger partial charge in [0.05, 0.1) is 10.6 Å². The molecule has 3 rings (SSSR count). The Morgan fingerprint density at radius 1 is 1.27 bits per heavy atom. The van der Waals surface area contributed by atoms with Crippen molar-refractivity contribution in [3.63, 3.8) is 0 Å². The topological polar surface area (TPSA) is 104 Å². The molecule has 1 unspecified atom stereocenters. The van der Waals surface area contributed by atoms with Gasteiger partial charge in [0.2, 0.25) is 5.91 Å². The lowest BCUT2D eigenvalue weighted by molar-refractivity contribution is -0.128. The largest absolute Gasteiger partial charge is 0.507 e. The molecule has 0 aromatic heterocycles. The number of nitrogens with two attached hydrogens (primary N) is 1. The number of aromatic hydroxyl groups is 2. The van der Waals surface area contributed by atoms with Crippen molar-refractivity contribution in [1.82, 2.24) is 4.90 Å². The van der Waals surface area contributed by atoms with E-state index >= 15 is 0 Å². The summed E-state index contributed by atoms with van der Waals surface area (Å²) in [5.74, 6) is -2.11. The van der Waals surface area contributed by atoms with Crippen LogP contribution in [0.15, 0.2) is 49.1 Å². The van der Waals surface area contributed by atoms with E-state index in [1.807, 2.05) is 6.07 Å². The van der Waals surface area contributed by atoms with E-state index in [-0.39, 0.29) is 29.3 Å². The van der Waals surface area contributed by atoms with Crippen LogP contribution in [0.4, 0.5) is 0 Å². The normalized spacial score (nSPS) is 18.4. The number of hydrogen-bond donors (Lipinski definition) is 3. The molecular formula is C19H17ClN2O4. The van der Waals surface area contributed by atoms with Crippen LogP contribution in [0.25, 0.3) is 0 Å². The van der Waals surface area contributed by atoms with Gasteiger partial charge in [0.15, 0.2) is 5.54 Å². The van der Waals surface area contributed by atoms with Gasteiger partial charge in [0.1, 0.15) is 11.5 Å². The summed E-state index contributed by atoms with van der Waals surface area (Å²) >= 11 is 5.88. The Kier molecular flexibility index (Phi) is 4.38. The molecule has 0 radical (unpaired) electrons. The third-order valence-electron chi connectivity index (χ3n) is 4.64. The molecule has 2 aromatic rings. The predicted molar refractivity (Wildman–Crippen MR) is 96.8 cm³/mol. The van der Waals surface area contributed by atoms with E-state index in [4.69, 9.17) is 17.3 Å². The number of hydrogen-bond acceptors (Lipinski definition) is 4. The van der Waals surface area contributed by atoms with Gasteiger partial charge >= 0.3 is 0 Å². The Bertz CT molecular complexity index is 928. The summed E-state index contributed by atoms with van der Waals surface area (Å²) < 4.78 is 0. The van der Waals surface area contributed by atoms with Crippen molar-refractivity contribution in [2.24, 2.45) is 5.73 Å². The zero-order valence-electron chi connectivity index (χ0n) is 13.8. The lowest BCUT2D eigenvalue weighted by Gasteiger charge is -2.36. The molecule has 1 atom stereocenters. The fraction of sp³-hybridized carbons (Fsp3) is 0.158. The standard InChI is InChI=1S/C19H17ClN2O4/c1-2-7-19(18(21)26)13-6-4-3-5-11(13)10-22(19)17(25)12-8-14(20)16(24)9-15(12)23/h2-6,8-9,23-24H,1,7,10H2,(H2,21,26). The molecule has 4 N–H and O–H groups in total. The summed E-state index contributed by atoms with van der Waals surface area (Å²) in [6, 6.07) is 9.28. The molecule has 0 fully saturated rings. The number of fused-ring (bicyclic) bond motifs is 1. The highest BCUT2D eigenvalue weighted by Crippen LogP contribution is 2.44. The first-order valence-electron chi connectivity index (χ1n) is 7.85. The molecule has 1 aliphatic heterocycles. The average Bonchev–Trinajstić information content (AvgIpc) is 2.94. The molecule has 0 bridgehead atoms. The van der Waals surface area contributed by atoms with Crippen molar-refractivity contribution >= 4 is 23.4 Å². The van der Waals surface area contributed by atoms with Gasteiger partial charge in [0, 0.05) is 19.0 Å². The first kappa shape index (κ1) is 17.8. The van der Waals surface area contributed by atoms with Gasteiger partial charge in [-0.05, 0) is 17.2 Å². The maximum Gasteiger partial charge on any atom is 0.259 e. The van der Waals surface area contributed by atoms with Crippen LogP contribution in [-0.4, -0.2) is 26.9 Å². The van der Waals surface area contributed by atoms with Crippen LogP contribution in [0, 0.1) is 0 Å². The first-order valence-corrected chi connectivity index (χ1v) is 8.23. The maximum atomic E-state index is 13.2. The molecule has 2 amide bonds. The van der Waals surface area contributed by atoms with Crippen LogP contribution in [-0.2, 0) is 16.9 Å². The molecule has 0 saturated heterocycles. The van der Waals surface area contributed by atoms with Crippen molar-refractivity contribution in [2.45, 2.75) is 18.5 Å². The van der Waals surface area contributed by atoms with E-state index in [0.29, 0.717) is 5.56 Å². The second-order valence-corrected chi connectivity index (χ2v) is 6.49. The molecule has 2 aromatic carbocycles.